The van der Waals surface area contributed by atoms with Crippen LogP contribution in [0.5, 0.6) is 11.6 Å². The lowest BCUT2D eigenvalue weighted by atomic mass is 10.1. The number of amides is 1. The number of ether oxygens (including phenoxy) is 3. The molecule has 1 amide bonds. The zero-order valence-electron chi connectivity index (χ0n) is 25.3. The van der Waals surface area contributed by atoms with Gasteiger partial charge in [0.15, 0.2) is 0 Å². The first-order chi connectivity index (χ1) is 22.2. The molecule has 0 radical (unpaired) electrons. The Morgan fingerprint density at radius 1 is 1.07 bits per heavy atom. The van der Waals surface area contributed by atoms with Crippen LogP contribution in [-0.4, -0.2) is 93.9 Å². The highest BCUT2D eigenvalue weighted by Crippen LogP contribution is 2.36. The van der Waals surface area contributed by atoms with Gasteiger partial charge in [0, 0.05) is 44.2 Å². The minimum absolute atomic E-state index is 0.00747. The molecule has 1 N–H and O–H groups in total. The summed E-state index contributed by atoms with van der Waals surface area (Å²) < 4.78 is 60.1. The number of hydrogen-bond acceptors (Lipinski definition) is 8. The first-order valence-corrected chi connectivity index (χ1v) is 15.0. The number of pyridine rings is 1. The predicted molar refractivity (Wildman–Crippen MR) is 163 cm³/mol. The zero-order valence-corrected chi connectivity index (χ0v) is 25.3. The molecule has 0 bridgehead atoms. The molecule has 2 saturated heterocycles. The minimum Gasteiger partial charge on any atom is -0.497 e. The lowest BCUT2D eigenvalue weighted by Crippen LogP contribution is -2.53. The summed E-state index contributed by atoms with van der Waals surface area (Å²) in [5, 5.41) is 0.899. The number of H-pyrrole nitrogens is 1. The Kier molecular flexibility index (Phi) is 7.77. The molecule has 0 aliphatic carbocycles. The van der Waals surface area contributed by atoms with Crippen molar-refractivity contribution in [1.82, 2.24) is 34.3 Å². The number of nitrogens with zero attached hydrogens (tertiary/aromatic N) is 6. The Hall–Kier alpha value is -4.69. The first kappa shape index (κ1) is 30.0. The quantitative estimate of drug-likeness (QED) is 0.265. The minimum atomic E-state index is -4.88. The van der Waals surface area contributed by atoms with Crippen LogP contribution in [-0.2, 0) is 10.9 Å². The van der Waals surface area contributed by atoms with Crippen LogP contribution in [0.25, 0.3) is 33.2 Å². The van der Waals surface area contributed by atoms with E-state index in [4.69, 9.17) is 14.2 Å². The number of piperazine rings is 1. The Balaban J connectivity index is 1.29. The molecule has 14 heteroatoms. The molecule has 1 unspecified atom stereocenters. The van der Waals surface area contributed by atoms with Crippen molar-refractivity contribution in [2.45, 2.75) is 18.6 Å². The van der Waals surface area contributed by atoms with Crippen molar-refractivity contribution in [2.75, 3.05) is 53.6 Å². The second-order valence-electron chi connectivity index (χ2n) is 11.5. The van der Waals surface area contributed by atoms with E-state index in [9.17, 15) is 18.0 Å². The average Bonchev–Trinajstić information content (AvgIpc) is 3.84. The molecule has 5 heterocycles. The van der Waals surface area contributed by atoms with E-state index in [0.717, 1.165) is 23.9 Å². The van der Waals surface area contributed by atoms with Gasteiger partial charge < -0.3 is 24.1 Å². The Morgan fingerprint density at radius 3 is 2.67 bits per heavy atom. The SMILES string of the molecule is COc1ccc2nc(C(F)(F)F)n(C(=O)N3CCN(CC4CCOC4)C[C@H]3c3ncc(-c4cc5ccccc5nc4OC)[nH]3)c2c1. The van der Waals surface area contributed by atoms with Crippen LogP contribution in [0, 0.1) is 5.92 Å². The van der Waals surface area contributed by atoms with Crippen LogP contribution >= 0.6 is 0 Å². The third kappa shape index (κ3) is 5.51. The van der Waals surface area contributed by atoms with Crippen LogP contribution in [0.4, 0.5) is 18.0 Å². The summed E-state index contributed by atoms with van der Waals surface area (Å²) >= 11 is 0. The van der Waals surface area contributed by atoms with Gasteiger partial charge >= 0.3 is 12.2 Å². The standard InChI is InChI=1S/C32H32F3N7O4/c1-44-21-7-8-24-26(14-21)42(30(39-24)32(33,34)35)31(43)41-11-10-40(16-19-9-12-46-18-19)17-27(41)28-36-15-25(37-28)22-13-20-5-3-4-6-23(20)38-29(22)45-2/h3-8,13-15,19,27H,9-12,16-18H2,1-2H3,(H,36,37)/t19?,27-/m0/s1. The van der Waals surface area contributed by atoms with E-state index in [1.54, 1.807) is 6.20 Å². The van der Waals surface area contributed by atoms with Crippen molar-refractivity contribution in [3.63, 3.8) is 0 Å². The fourth-order valence-corrected chi connectivity index (χ4v) is 6.34. The highest BCUT2D eigenvalue weighted by Gasteiger charge is 2.43. The molecule has 2 aliphatic heterocycles. The Labute approximate surface area is 261 Å². The van der Waals surface area contributed by atoms with Gasteiger partial charge in [0.25, 0.3) is 0 Å². The number of aromatic amines is 1. The van der Waals surface area contributed by atoms with Gasteiger partial charge in [-0.2, -0.15) is 13.2 Å². The number of imidazole rings is 2. The van der Waals surface area contributed by atoms with E-state index in [1.165, 1.54) is 37.3 Å². The Morgan fingerprint density at radius 2 is 1.91 bits per heavy atom. The number of benzene rings is 2. The first-order valence-electron chi connectivity index (χ1n) is 15.0. The van der Waals surface area contributed by atoms with Crippen molar-refractivity contribution >= 4 is 28.0 Å². The largest absolute Gasteiger partial charge is 0.497 e. The van der Waals surface area contributed by atoms with E-state index in [0.29, 0.717) is 65.5 Å². The molecule has 3 aromatic heterocycles. The molecule has 0 spiro atoms. The van der Waals surface area contributed by atoms with Crippen molar-refractivity contribution in [3.8, 4) is 22.9 Å². The number of methoxy groups -OCH3 is 2. The molecule has 2 fully saturated rings. The second kappa shape index (κ2) is 11.9. The van der Waals surface area contributed by atoms with Crippen molar-refractivity contribution in [1.29, 1.82) is 0 Å². The third-order valence-corrected chi connectivity index (χ3v) is 8.64. The molecule has 2 atom stereocenters. The van der Waals surface area contributed by atoms with Gasteiger partial charge in [-0.15, -0.1) is 0 Å². The number of halogens is 3. The number of fused-ring (bicyclic) bond motifs is 2. The van der Waals surface area contributed by atoms with Gasteiger partial charge in [0.05, 0.1) is 54.8 Å². The maximum absolute atomic E-state index is 14.3. The molecular weight excluding hydrogens is 603 g/mol. The second-order valence-corrected chi connectivity index (χ2v) is 11.5. The van der Waals surface area contributed by atoms with Crippen LogP contribution in [0.2, 0.25) is 0 Å². The van der Waals surface area contributed by atoms with Gasteiger partial charge in [-0.3, -0.25) is 4.90 Å². The molecular formula is C32H32F3N7O4. The average molecular weight is 636 g/mol. The summed E-state index contributed by atoms with van der Waals surface area (Å²) in [5.74, 6) is 0.175. The van der Waals surface area contributed by atoms with E-state index in [1.807, 2.05) is 30.3 Å². The number of alkyl halides is 3. The van der Waals surface area contributed by atoms with Crippen LogP contribution in [0.1, 0.15) is 24.1 Å². The van der Waals surface area contributed by atoms with E-state index < -0.39 is 24.1 Å². The monoisotopic (exact) mass is 635 g/mol. The maximum atomic E-state index is 14.3. The van der Waals surface area contributed by atoms with E-state index in [2.05, 4.69) is 24.8 Å². The van der Waals surface area contributed by atoms with Gasteiger partial charge in [-0.05, 0) is 36.6 Å². The van der Waals surface area contributed by atoms with Crippen LogP contribution < -0.4 is 9.47 Å². The summed E-state index contributed by atoms with van der Waals surface area (Å²) in [6, 6.07) is 12.4. The molecule has 2 aliphatic rings. The maximum Gasteiger partial charge on any atom is 0.450 e. The summed E-state index contributed by atoms with van der Waals surface area (Å²) in [6.07, 6.45) is -2.31. The normalized spacial score (nSPS) is 19.3. The number of aromatic nitrogens is 5. The van der Waals surface area contributed by atoms with Gasteiger partial charge in [0.2, 0.25) is 11.7 Å². The number of hydrogen-bond donors (Lipinski definition) is 1. The number of carbonyl (C=O) groups is 1. The zero-order chi connectivity index (χ0) is 32.0. The van der Waals surface area contributed by atoms with Crippen molar-refractivity contribution < 1.29 is 32.2 Å². The van der Waals surface area contributed by atoms with Gasteiger partial charge in [-0.25, -0.2) is 24.3 Å². The number of nitrogens with one attached hydrogen (secondary N) is 1. The number of para-hydroxylation sites is 1. The fourth-order valence-electron chi connectivity index (χ4n) is 6.34. The molecule has 7 rings (SSSR count). The predicted octanol–water partition coefficient (Wildman–Crippen LogP) is 5.37. The number of rotatable bonds is 6. The lowest BCUT2D eigenvalue weighted by Gasteiger charge is -2.41. The van der Waals surface area contributed by atoms with E-state index in [-0.39, 0.29) is 17.6 Å². The van der Waals surface area contributed by atoms with Crippen molar-refractivity contribution in [3.05, 3.63) is 66.4 Å². The molecule has 46 heavy (non-hydrogen) atoms. The van der Waals surface area contributed by atoms with Crippen LogP contribution in [0.15, 0.2) is 54.7 Å². The highest BCUT2D eigenvalue weighted by atomic mass is 19.4. The van der Waals surface area contributed by atoms with Crippen LogP contribution in [0.3, 0.4) is 0 Å². The number of carbonyl (C=O) groups excluding carboxylic acids is 1. The highest BCUT2D eigenvalue weighted by molar-refractivity contribution is 5.91. The molecule has 2 aromatic carbocycles. The summed E-state index contributed by atoms with van der Waals surface area (Å²) in [5.41, 5.74) is 2.08. The molecule has 0 saturated carbocycles. The fraction of sp³-hybridized carbons (Fsp3) is 0.375. The third-order valence-electron chi connectivity index (χ3n) is 8.64. The smallest absolute Gasteiger partial charge is 0.450 e. The van der Waals surface area contributed by atoms with Gasteiger partial charge in [-0.1, -0.05) is 18.2 Å². The lowest BCUT2D eigenvalue weighted by molar-refractivity contribution is -0.146. The summed E-state index contributed by atoms with van der Waals surface area (Å²) in [7, 11) is 2.94. The summed E-state index contributed by atoms with van der Waals surface area (Å²) in [4.78, 5) is 34.4. The van der Waals surface area contributed by atoms with Gasteiger partial charge in [0.1, 0.15) is 17.6 Å². The molecule has 5 aromatic rings. The van der Waals surface area contributed by atoms with E-state index >= 15 is 0 Å². The summed E-state index contributed by atoms with van der Waals surface area (Å²) in [6.45, 7) is 3.11. The molecule has 11 nitrogen and oxygen atoms in total. The van der Waals surface area contributed by atoms with Crippen molar-refractivity contribution in [2.24, 2.45) is 5.92 Å². The Bertz CT molecular complexity index is 1900. The topological polar surface area (TPSA) is 111 Å². The molecule has 240 valence electrons.